The van der Waals surface area contributed by atoms with Crippen LogP contribution in [0, 0.1) is 0 Å². The summed E-state index contributed by atoms with van der Waals surface area (Å²) in [6.45, 7) is 2.12. The van der Waals surface area contributed by atoms with E-state index in [0.29, 0.717) is 30.0 Å². The smallest absolute Gasteiger partial charge is 0.332 e. The van der Waals surface area contributed by atoms with Crippen LogP contribution in [0.2, 0.25) is 0 Å². The first-order chi connectivity index (χ1) is 12.5. The highest BCUT2D eigenvalue weighted by molar-refractivity contribution is 5.69. The van der Waals surface area contributed by atoms with Gasteiger partial charge in [0.15, 0.2) is 11.2 Å². The van der Waals surface area contributed by atoms with Crippen molar-refractivity contribution in [3.8, 4) is 5.75 Å². The van der Waals surface area contributed by atoms with Gasteiger partial charge in [0.25, 0.3) is 5.56 Å². The van der Waals surface area contributed by atoms with Gasteiger partial charge >= 0.3 is 5.69 Å². The number of benzene rings is 1. The van der Waals surface area contributed by atoms with Crippen molar-refractivity contribution in [3.05, 3.63) is 57.0 Å². The maximum atomic E-state index is 12.4. The molecule has 0 fully saturated rings. The van der Waals surface area contributed by atoms with Gasteiger partial charge in [-0.15, -0.1) is 0 Å². The van der Waals surface area contributed by atoms with Crippen molar-refractivity contribution >= 4 is 11.2 Å². The second kappa shape index (κ2) is 7.57. The summed E-state index contributed by atoms with van der Waals surface area (Å²) in [6.07, 6.45) is 3.43. The summed E-state index contributed by atoms with van der Waals surface area (Å²) < 4.78 is 4.26. The Balaban J connectivity index is 1.56. The molecule has 26 heavy (non-hydrogen) atoms. The van der Waals surface area contributed by atoms with Crippen LogP contribution >= 0.6 is 0 Å². The highest BCUT2D eigenvalue weighted by Crippen LogP contribution is 2.12. The second-order valence-electron chi connectivity index (χ2n) is 6.34. The van der Waals surface area contributed by atoms with Gasteiger partial charge in [-0.25, -0.2) is 9.78 Å². The summed E-state index contributed by atoms with van der Waals surface area (Å²) in [5, 5.41) is 12.8. The van der Waals surface area contributed by atoms with E-state index in [2.05, 4.69) is 10.3 Å². The van der Waals surface area contributed by atoms with Gasteiger partial charge in [0.1, 0.15) is 5.75 Å². The molecule has 0 unspecified atom stereocenters. The predicted molar refractivity (Wildman–Crippen MR) is 99.5 cm³/mol. The molecule has 0 saturated heterocycles. The lowest BCUT2D eigenvalue weighted by atomic mass is 10.1. The maximum Gasteiger partial charge on any atom is 0.332 e. The zero-order valence-electron chi connectivity index (χ0n) is 15.0. The first kappa shape index (κ1) is 17.9. The van der Waals surface area contributed by atoms with E-state index in [1.54, 1.807) is 30.1 Å². The van der Waals surface area contributed by atoms with Crippen LogP contribution in [0.5, 0.6) is 5.75 Å². The summed E-state index contributed by atoms with van der Waals surface area (Å²) in [6, 6.07) is 7.28. The van der Waals surface area contributed by atoms with Crippen molar-refractivity contribution < 1.29 is 5.11 Å². The number of hydrogen-bond donors (Lipinski definition) is 2. The van der Waals surface area contributed by atoms with Gasteiger partial charge in [0, 0.05) is 27.2 Å². The first-order valence-corrected chi connectivity index (χ1v) is 8.58. The topological polar surface area (TPSA) is 94.1 Å². The fourth-order valence-corrected chi connectivity index (χ4v) is 3.02. The SMILES string of the molecule is Cn1c(=O)c2c(ncn2CCNCCCc2cccc(O)c2)n(C)c1=O. The Bertz CT molecular complexity index is 1030. The largest absolute Gasteiger partial charge is 0.508 e. The molecule has 0 aliphatic rings. The molecule has 3 aromatic rings. The number of aromatic hydroxyl groups is 1. The summed E-state index contributed by atoms with van der Waals surface area (Å²) in [7, 11) is 3.09. The second-order valence-corrected chi connectivity index (χ2v) is 6.34. The van der Waals surface area contributed by atoms with E-state index in [-0.39, 0.29) is 11.2 Å². The molecule has 2 heterocycles. The lowest BCUT2D eigenvalue weighted by molar-refractivity contribution is 0.474. The summed E-state index contributed by atoms with van der Waals surface area (Å²) in [5.74, 6) is 0.290. The third kappa shape index (κ3) is 3.55. The Kier molecular flexibility index (Phi) is 5.22. The van der Waals surface area contributed by atoms with E-state index in [0.717, 1.165) is 29.5 Å². The number of aromatic nitrogens is 4. The molecule has 0 aliphatic carbocycles. The third-order valence-corrected chi connectivity index (χ3v) is 4.48. The maximum absolute atomic E-state index is 12.4. The number of phenolic OH excluding ortho intramolecular Hbond substituents is 1. The molecule has 2 aromatic heterocycles. The normalized spacial score (nSPS) is 11.3. The van der Waals surface area contributed by atoms with Crippen LogP contribution in [0.15, 0.2) is 40.2 Å². The van der Waals surface area contributed by atoms with Gasteiger partial charge in [-0.3, -0.25) is 13.9 Å². The first-order valence-electron chi connectivity index (χ1n) is 8.58. The molecule has 0 atom stereocenters. The number of nitrogens with zero attached hydrogens (tertiary/aromatic N) is 4. The fraction of sp³-hybridized carbons (Fsp3) is 0.389. The van der Waals surface area contributed by atoms with E-state index in [1.807, 2.05) is 12.1 Å². The molecule has 8 heteroatoms. The Labute approximate surface area is 150 Å². The van der Waals surface area contributed by atoms with Crippen molar-refractivity contribution in [3.63, 3.8) is 0 Å². The Morgan fingerprint density at radius 1 is 1.15 bits per heavy atom. The molecule has 0 bridgehead atoms. The molecular formula is C18H23N5O3. The van der Waals surface area contributed by atoms with Crippen LogP contribution in [-0.2, 0) is 27.1 Å². The number of phenols is 1. The standard InChI is InChI=1S/C18H23N5O3/c1-21-16-15(17(25)22(2)18(21)26)23(12-20-16)10-9-19-8-4-6-13-5-3-7-14(24)11-13/h3,5,7,11-12,19,24H,4,6,8-10H2,1-2H3. The number of rotatable bonds is 7. The molecule has 0 spiro atoms. The lowest BCUT2D eigenvalue weighted by Gasteiger charge is -2.08. The molecule has 0 aliphatic heterocycles. The monoisotopic (exact) mass is 357 g/mol. The number of aryl methyl sites for hydroxylation is 2. The molecule has 2 N–H and O–H groups in total. The zero-order chi connectivity index (χ0) is 18.7. The minimum Gasteiger partial charge on any atom is -0.508 e. The average molecular weight is 357 g/mol. The molecule has 3 rings (SSSR count). The van der Waals surface area contributed by atoms with Gasteiger partial charge in [-0.05, 0) is 37.1 Å². The van der Waals surface area contributed by atoms with Crippen molar-refractivity contribution in [1.29, 1.82) is 0 Å². The minimum atomic E-state index is -0.377. The van der Waals surface area contributed by atoms with Crippen LogP contribution < -0.4 is 16.6 Å². The quantitative estimate of drug-likeness (QED) is 0.596. The van der Waals surface area contributed by atoms with E-state index < -0.39 is 0 Å². The summed E-state index contributed by atoms with van der Waals surface area (Å²) in [5.41, 5.74) is 1.25. The van der Waals surface area contributed by atoms with Crippen LogP contribution in [0.1, 0.15) is 12.0 Å². The van der Waals surface area contributed by atoms with Crippen LogP contribution in [-0.4, -0.2) is 36.9 Å². The highest BCUT2D eigenvalue weighted by Gasteiger charge is 2.13. The molecule has 1 aromatic carbocycles. The highest BCUT2D eigenvalue weighted by atomic mass is 16.3. The zero-order valence-corrected chi connectivity index (χ0v) is 15.0. The molecular weight excluding hydrogens is 334 g/mol. The Morgan fingerprint density at radius 3 is 2.73 bits per heavy atom. The molecule has 0 saturated carbocycles. The van der Waals surface area contributed by atoms with Crippen molar-refractivity contribution in [1.82, 2.24) is 24.0 Å². The summed E-state index contributed by atoms with van der Waals surface area (Å²) >= 11 is 0. The number of nitrogens with one attached hydrogen (secondary N) is 1. The van der Waals surface area contributed by atoms with Crippen LogP contribution in [0.3, 0.4) is 0 Å². The van der Waals surface area contributed by atoms with E-state index in [1.165, 1.54) is 11.6 Å². The number of imidazole rings is 1. The van der Waals surface area contributed by atoms with Gasteiger partial charge in [0.05, 0.1) is 6.33 Å². The van der Waals surface area contributed by atoms with Crippen molar-refractivity contribution in [2.75, 3.05) is 13.1 Å². The minimum absolute atomic E-state index is 0.290. The van der Waals surface area contributed by atoms with Crippen LogP contribution in [0.25, 0.3) is 11.2 Å². The van der Waals surface area contributed by atoms with Gasteiger partial charge < -0.3 is 15.0 Å². The molecule has 0 amide bonds. The lowest BCUT2D eigenvalue weighted by Crippen LogP contribution is -2.37. The fourth-order valence-electron chi connectivity index (χ4n) is 3.02. The van der Waals surface area contributed by atoms with Gasteiger partial charge in [-0.2, -0.15) is 0 Å². The molecule has 138 valence electrons. The van der Waals surface area contributed by atoms with E-state index in [4.69, 9.17) is 0 Å². The van der Waals surface area contributed by atoms with Crippen LogP contribution in [0.4, 0.5) is 0 Å². The van der Waals surface area contributed by atoms with Crippen molar-refractivity contribution in [2.45, 2.75) is 19.4 Å². The summed E-state index contributed by atoms with van der Waals surface area (Å²) in [4.78, 5) is 28.5. The molecule has 0 radical (unpaired) electrons. The Morgan fingerprint density at radius 2 is 1.96 bits per heavy atom. The van der Waals surface area contributed by atoms with Crippen molar-refractivity contribution in [2.24, 2.45) is 14.1 Å². The van der Waals surface area contributed by atoms with E-state index >= 15 is 0 Å². The average Bonchev–Trinajstić information content (AvgIpc) is 3.05. The number of fused-ring (bicyclic) bond motifs is 1. The van der Waals surface area contributed by atoms with E-state index in [9.17, 15) is 14.7 Å². The number of hydrogen-bond acceptors (Lipinski definition) is 5. The van der Waals surface area contributed by atoms with Gasteiger partial charge in [-0.1, -0.05) is 12.1 Å². The van der Waals surface area contributed by atoms with Gasteiger partial charge in [0.2, 0.25) is 0 Å². The molecule has 8 nitrogen and oxygen atoms in total. The third-order valence-electron chi connectivity index (χ3n) is 4.48. The Hall–Kier alpha value is -2.87. The predicted octanol–water partition coefficient (Wildman–Crippen LogP) is 0.362.